The van der Waals surface area contributed by atoms with Gasteiger partial charge in [0.05, 0.1) is 5.92 Å². The van der Waals surface area contributed by atoms with Crippen LogP contribution < -0.4 is 0 Å². The molecule has 106 valence electrons. The maximum atomic E-state index is 12.3. The normalized spacial score (nSPS) is 13.2. The minimum atomic E-state index is -4.69. The monoisotopic (exact) mass is 286 g/mol. The second-order valence-corrected chi connectivity index (χ2v) is 4.10. The fourth-order valence-electron chi connectivity index (χ4n) is 1.52. The topological polar surface area (TPSA) is 76.2 Å². The summed E-state index contributed by atoms with van der Waals surface area (Å²) in [6.45, 7) is 1.51. The number of aromatic nitrogens is 2. The van der Waals surface area contributed by atoms with Gasteiger partial charge < -0.3 is 9.63 Å². The van der Waals surface area contributed by atoms with Crippen molar-refractivity contribution in [3.05, 3.63) is 35.7 Å². The molecule has 1 aromatic heterocycles. The third-order valence-electron chi connectivity index (χ3n) is 2.71. The number of rotatable bonds is 3. The first-order chi connectivity index (χ1) is 9.29. The first-order valence-electron chi connectivity index (χ1n) is 5.53. The van der Waals surface area contributed by atoms with Gasteiger partial charge in [0.25, 0.3) is 0 Å². The number of alkyl halides is 3. The molecule has 2 rings (SSSR count). The number of carboxylic acids is 1. The third-order valence-corrected chi connectivity index (χ3v) is 2.71. The van der Waals surface area contributed by atoms with Gasteiger partial charge in [-0.25, -0.2) is 0 Å². The molecule has 1 heterocycles. The zero-order valence-corrected chi connectivity index (χ0v) is 10.2. The molecular formula is C12H9F3N2O3. The summed E-state index contributed by atoms with van der Waals surface area (Å²) in [5, 5.41) is 12.1. The van der Waals surface area contributed by atoms with E-state index >= 15 is 0 Å². The molecule has 0 aliphatic heterocycles. The summed E-state index contributed by atoms with van der Waals surface area (Å²) in [6.07, 6.45) is -4.69. The number of nitrogens with zero attached hydrogens (tertiary/aromatic N) is 2. The van der Waals surface area contributed by atoms with Crippen LogP contribution in [-0.2, 0) is 11.0 Å². The second-order valence-electron chi connectivity index (χ2n) is 4.10. The van der Waals surface area contributed by atoms with Crippen LogP contribution in [0.25, 0.3) is 11.4 Å². The average molecular weight is 286 g/mol. The van der Waals surface area contributed by atoms with Crippen molar-refractivity contribution in [3.63, 3.8) is 0 Å². The van der Waals surface area contributed by atoms with Crippen LogP contribution in [0.5, 0.6) is 0 Å². The van der Waals surface area contributed by atoms with Crippen LogP contribution >= 0.6 is 0 Å². The number of benzene rings is 1. The van der Waals surface area contributed by atoms with Gasteiger partial charge in [0.1, 0.15) is 0 Å². The Morgan fingerprint density at radius 1 is 1.30 bits per heavy atom. The molecule has 0 saturated carbocycles. The van der Waals surface area contributed by atoms with Crippen LogP contribution in [0.2, 0.25) is 0 Å². The Morgan fingerprint density at radius 3 is 2.35 bits per heavy atom. The minimum absolute atomic E-state index is 0.202. The number of aliphatic carboxylic acids is 1. The molecule has 0 bridgehead atoms. The number of carboxylic acid groups (broad SMARTS) is 1. The van der Waals surface area contributed by atoms with Crippen molar-refractivity contribution in [2.75, 3.05) is 0 Å². The molecule has 0 saturated heterocycles. The highest BCUT2D eigenvalue weighted by atomic mass is 19.4. The van der Waals surface area contributed by atoms with Crippen molar-refractivity contribution in [1.82, 2.24) is 10.1 Å². The Labute approximate surface area is 111 Å². The third kappa shape index (κ3) is 2.79. The highest BCUT2D eigenvalue weighted by Gasteiger charge is 2.38. The summed E-state index contributed by atoms with van der Waals surface area (Å²) in [5.74, 6) is -3.32. The molecule has 0 spiro atoms. The zero-order chi connectivity index (χ0) is 14.9. The highest BCUT2D eigenvalue weighted by molar-refractivity contribution is 5.75. The van der Waals surface area contributed by atoms with Crippen molar-refractivity contribution in [2.24, 2.45) is 0 Å². The van der Waals surface area contributed by atoms with Crippen molar-refractivity contribution >= 4 is 5.97 Å². The van der Waals surface area contributed by atoms with Crippen LogP contribution in [0.15, 0.2) is 28.8 Å². The lowest BCUT2D eigenvalue weighted by Crippen LogP contribution is -2.07. The van der Waals surface area contributed by atoms with Gasteiger partial charge in [-0.3, -0.25) is 4.79 Å². The standard InChI is InChI=1S/C12H9F3N2O3/c1-6(10(18)19)7-2-4-8(5-3-7)9-16-11(20-17-9)12(13,14)15/h2-6H,1H3,(H,18,19). The van der Waals surface area contributed by atoms with Crippen LogP contribution in [-0.4, -0.2) is 21.2 Å². The van der Waals surface area contributed by atoms with Gasteiger partial charge in [-0.1, -0.05) is 29.4 Å². The number of carbonyl (C=O) groups is 1. The predicted molar refractivity (Wildman–Crippen MR) is 60.8 cm³/mol. The van der Waals surface area contributed by atoms with E-state index in [1.807, 2.05) is 0 Å². The molecule has 1 unspecified atom stereocenters. The van der Waals surface area contributed by atoms with Crippen LogP contribution in [0.4, 0.5) is 13.2 Å². The Balaban J connectivity index is 2.26. The summed E-state index contributed by atoms with van der Waals surface area (Å²) in [6, 6.07) is 5.88. The largest absolute Gasteiger partial charge is 0.481 e. The van der Waals surface area contributed by atoms with E-state index < -0.39 is 24.0 Å². The van der Waals surface area contributed by atoms with Gasteiger partial charge in [-0.05, 0) is 12.5 Å². The van der Waals surface area contributed by atoms with Gasteiger partial charge in [-0.15, -0.1) is 0 Å². The summed E-state index contributed by atoms with van der Waals surface area (Å²) in [5.41, 5.74) is 0.839. The van der Waals surface area contributed by atoms with E-state index in [1.165, 1.54) is 31.2 Å². The average Bonchev–Trinajstić information content (AvgIpc) is 2.87. The maximum absolute atomic E-state index is 12.3. The van der Waals surface area contributed by atoms with Gasteiger partial charge in [0, 0.05) is 5.56 Å². The fourth-order valence-corrected chi connectivity index (χ4v) is 1.52. The van der Waals surface area contributed by atoms with Gasteiger partial charge >= 0.3 is 18.0 Å². The van der Waals surface area contributed by atoms with Gasteiger partial charge in [0.15, 0.2) is 0 Å². The van der Waals surface area contributed by atoms with Crippen LogP contribution in [0.3, 0.4) is 0 Å². The lowest BCUT2D eigenvalue weighted by Gasteiger charge is -2.06. The summed E-state index contributed by atoms with van der Waals surface area (Å²) in [7, 11) is 0. The summed E-state index contributed by atoms with van der Waals surface area (Å²) >= 11 is 0. The molecule has 20 heavy (non-hydrogen) atoms. The number of halogens is 3. The van der Waals surface area contributed by atoms with E-state index in [-0.39, 0.29) is 5.82 Å². The first-order valence-corrected chi connectivity index (χ1v) is 5.53. The van der Waals surface area contributed by atoms with E-state index in [2.05, 4.69) is 14.7 Å². The highest BCUT2D eigenvalue weighted by Crippen LogP contribution is 2.29. The van der Waals surface area contributed by atoms with Gasteiger partial charge in [0.2, 0.25) is 5.82 Å². The van der Waals surface area contributed by atoms with Crippen LogP contribution in [0.1, 0.15) is 24.3 Å². The first kappa shape index (κ1) is 14.0. The lowest BCUT2D eigenvalue weighted by molar-refractivity contribution is -0.159. The van der Waals surface area contributed by atoms with Crippen LogP contribution in [0, 0.1) is 0 Å². The van der Waals surface area contributed by atoms with Crippen molar-refractivity contribution < 1.29 is 27.6 Å². The van der Waals surface area contributed by atoms with E-state index in [9.17, 15) is 18.0 Å². The summed E-state index contributed by atoms with van der Waals surface area (Å²) in [4.78, 5) is 14.0. The smallest absolute Gasteiger partial charge is 0.471 e. The molecule has 1 aromatic carbocycles. The van der Waals surface area contributed by atoms with E-state index in [4.69, 9.17) is 5.11 Å². The molecule has 0 aliphatic rings. The molecule has 0 aliphatic carbocycles. The van der Waals surface area contributed by atoms with E-state index in [1.54, 1.807) is 0 Å². The molecule has 1 atom stereocenters. The molecule has 0 radical (unpaired) electrons. The number of hydrogen-bond acceptors (Lipinski definition) is 4. The lowest BCUT2D eigenvalue weighted by atomic mass is 10.00. The molecular weight excluding hydrogens is 277 g/mol. The Bertz CT molecular complexity index is 620. The van der Waals surface area contributed by atoms with E-state index in [0.717, 1.165) is 0 Å². The molecule has 1 N–H and O–H groups in total. The summed E-state index contributed by atoms with van der Waals surface area (Å²) < 4.78 is 41.1. The van der Waals surface area contributed by atoms with Crippen molar-refractivity contribution in [1.29, 1.82) is 0 Å². The SMILES string of the molecule is CC(C(=O)O)c1ccc(-c2noc(C(F)(F)F)n2)cc1. The second kappa shape index (κ2) is 4.95. The molecule has 5 nitrogen and oxygen atoms in total. The molecule has 8 heteroatoms. The zero-order valence-electron chi connectivity index (χ0n) is 10.2. The number of hydrogen-bond donors (Lipinski definition) is 1. The van der Waals surface area contributed by atoms with Crippen molar-refractivity contribution in [2.45, 2.75) is 19.0 Å². The molecule has 0 fully saturated rings. The Hall–Kier alpha value is -2.38. The van der Waals surface area contributed by atoms with Crippen molar-refractivity contribution in [3.8, 4) is 11.4 Å². The van der Waals surface area contributed by atoms with E-state index in [0.29, 0.717) is 11.1 Å². The quantitative estimate of drug-likeness (QED) is 0.938. The fraction of sp³-hybridized carbons (Fsp3) is 0.250. The van der Waals surface area contributed by atoms with Gasteiger partial charge in [-0.2, -0.15) is 18.2 Å². The Kier molecular flexibility index (Phi) is 3.47. The predicted octanol–water partition coefficient (Wildman–Crippen LogP) is 2.94. The minimum Gasteiger partial charge on any atom is -0.481 e. The molecule has 2 aromatic rings. The maximum Gasteiger partial charge on any atom is 0.471 e. The molecule has 0 amide bonds. The Morgan fingerprint density at radius 2 is 1.90 bits per heavy atom.